The lowest BCUT2D eigenvalue weighted by Gasteiger charge is -2.14. The summed E-state index contributed by atoms with van der Waals surface area (Å²) in [5.41, 5.74) is 2.79. The molecule has 0 aliphatic heterocycles. The standard InChI is InChI=1S/C38H40N4S4/c1-7-11-13-15-25(9-3)29-19-33(43-31(29)17-27(23-39)41-5)35-21-37-38(45-35)22-36(46-37)34-20-30(26(10-4)16-14-12-8-2)32(44-34)18-28(24-40)42-6/h17-22,25-26H,7-16H2,1-4H3/b27-17-,28-18+. The number of nitriles is 2. The van der Waals surface area contributed by atoms with E-state index < -0.39 is 0 Å². The van der Waals surface area contributed by atoms with Crippen molar-refractivity contribution in [3.05, 3.63) is 79.4 Å². The largest absolute Gasteiger partial charge is 0.263 e. The summed E-state index contributed by atoms with van der Waals surface area (Å²) in [4.78, 5) is 13.8. The fourth-order valence-corrected chi connectivity index (χ4v) is 10.8. The number of thiophene rings is 4. The van der Waals surface area contributed by atoms with E-state index in [1.54, 1.807) is 57.5 Å². The van der Waals surface area contributed by atoms with Gasteiger partial charge in [-0.3, -0.25) is 0 Å². The molecule has 4 aromatic rings. The molecule has 236 valence electrons. The van der Waals surface area contributed by atoms with Gasteiger partial charge in [0.2, 0.25) is 0 Å². The Morgan fingerprint density at radius 1 is 0.652 bits per heavy atom. The highest BCUT2D eigenvalue weighted by Crippen LogP contribution is 2.48. The minimum atomic E-state index is 0.133. The molecule has 0 saturated carbocycles. The predicted octanol–water partition coefficient (Wildman–Crippen LogP) is 14.1. The summed E-state index contributed by atoms with van der Waals surface area (Å²) in [6.07, 6.45) is 15.0. The average molecular weight is 681 g/mol. The lowest BCUT2D eigenvalue weighted by Crippen LogP contribution is -1.97. The van der Waals surface area contributed by atoms with E-state index in [2.05, 4.69) is 73.8 Å². The summed E-state index contributed by atoms with van der Waals surface area (Å²) in [5.74, 6) is 0.825. The Bertz CT molecular complexity index is 1670. The van der Waals surface area contributed by atoms with Crippen molar-refractivity contribution in [3.8, 4) is 31.6 Å². The topological polar surface area (TPSA) is 56.3 Å². The Balaban J connectivity index is 1.71. The Hall–Kier alpha value is -3.50. The summed E-state index contributed by atoms with van der Waals surface area (Å²) >= 11 is 6.98. The molecule has 0 aliphatic rings. The van der Waals surface area contributed by atoms with Crippen molar-refractivity contribution in [1.29, 1.82) is 10.5 Å². The van der Waals surface area contributed by atoms with Gasteiger partial charge < -0.3 is 0 Å². The molecule has 0 saturated heterocycles. The molecule has 4 nitrogen and oxygen atoms in total. The van der Waals surface area contributed by atoms with Gasteiger partial charge in [0.25, 0.3) is 11.4 Å². The molecule has 8 heteroatoms. The summed E-state index contributed by atoms with van der Waals surface area (Å²) in [6, 6.07) is 13.3. The van der Waals surface area contributed by atoms with Crippen LogP contribution in [0.3, 0.4) is 0 Å². The Morgan fingerprint density at radius 3 is 1.37 bits per heavy atom. The van der Waals surface area contributed by atoms with E-state index in [-0.39, 0.29) is 11.4 Å². The second kappa shape index (κ2) is 17.4. The molecule has 0 aromatic carbocycles. The highest BCUT2D eigenvalue weighted by atomic mass is 32.1. The van der Waals surface area contributed by atoms with E-state index in [1.807, 2.05) is 0 Å². The van der Waals surface area contributed by atoms with Gasteiger partial charge in [-0.25, -0.2) is 20.2 Å². The second-order valence-electron chi connectivity index (χ2n) is 11.5. The fraction of sp³-hybridized carbons (Fsp3) is 0.421. The van der Waals surface area contributed by atoms with Crippen LogP contribution >= 0.6 is 45.3 Å². The van der Waals surface area contributed by atoms with Gasteiger partial charge >= 0.3 is 0 Å². The number of hydrogen-bond donors (Lipinski definition) is 0. The number of fused-ring (bicyclic) bond motifs is 1. The van der Waals surface area contributed by atoms with Crippen LogP contribution in [0.1, 0.15) is 125 Å². The van der Waals surface area contributed by atoms with Gasteiger partial charge in [-0.05, 0) is 85.1 Å². The minimum Gasteiger partial charge on any atom is -0.227 e. The molecular formula is C38H40N4S4. The summed E-state index contributed by atoms with van der Waals surface area (Å²) in [5, 5.41) is 19.0. The molecule has 2 atom stereocenters. The molecule has 0 amide bonds. The molecule has 4 heterocycles. The van der Waals surface area contributed by atoms with Crippen molar-refractivity contribution >= 4 is 66.9 Å². The van der Waals surface area contributed by atoms with E-state index in [0.717, 1.165) is 35.4 Å². The maximum absolute atomic E-state index is 9.48. The third kappa shape index (κ3) is 8.45. The smallest absolute Gasteiger partial charge is 0.227 e. The monoisotopic (exact) mass is 680 g/mol. The van der Waals surface area contributed by atoms with Crippen LogP contribution in [0.15, 0.2) is 35.7 Å². The van der Waals surface area contributed by atoms with Crippen LogP contribution in [-0.2, 0) is 0 Å². The second-order valence-corrected chi connectivity index (χ2v) is 15.9. The zero-order chi connectivity index (χ0) is 33.1. The Morgan fingerprint density at radius 2 is 1.04 bits per heavy atom. The zero-order valence-corrected chi connectivity index (χ0v) is 30.4. The molecule has 46 heavy (non-hydrogen) atoms. The summed E-state index contributed by atoms with van der Waals surface area (Å²) < 4.78 is 2.49. The first kappa shape index (κ1) is 35.4. The van der Waals surface area contributed by atoms with Crippen molar-refractivity contribution in [2.45, 2.75) is 104 Å². The number of rotatable bonds is 16. The first-order chi connectivity index (χ1) is 22.4. The quantitative estimate of drug-likeness (QED) is 0.0672. The van der Waals surface area contributed by atoms with E-state index in [1.165, 1.54) is 78.6 Å². The van der Waals surface area contributed by atoms with Crippen molar-refractivity contribution < 1.29 is 0 Å². The molecular weight excluding hydrogens is 641 g/mol. The number of unbranched alkanes of at least 4 members (excludes halogenated alkanes) is 4. The molecule has 2 unspecified atom stereocenters. The van der Waals surface area contributed by atoms with Gasteiger partial charge in [-0.1, -0.05) is 66.2 Å². The van der Waals surface area contributed by atoms with E-state index in [0.29, 0.717) is 11.8 Å². The Kier molecular flexibility index (Phi) is 13.4. The maximum Gasteiger partial charge on any atom is 0.263 e. The first-order valence-corrected chi connectivity index (χ1v) is 19.5. The van der Waals surface area contributed by atoms with Gasteiger partial charge in [0, 0.05) is 38.7 Å². The molecule has 0 fully saturated rings. The number of allylic oxidation sites excluding steroid dienone is 2. The highest BCUT2D eigenvalue weighted by molar-refractivity contribution is 7.33. The third-order valence-corrected chi connectivity index (χ3v) is 13.3. The van der Waals surface area contributed by atoms with Crippen LogP contribution in [0.4, 0.5) is 0 Å². The molecule has 0 N–H and O–H groups in total. The number of hydrogen-bond acceptors (Lipinski definition) is 6. The molecule has 0 radical (unpaired) electrons. The molecule has 0 bridgehead atoms. The summed E-state index contributed by atoms with van der Waals surface area (Å²) in [7, 11) is 0. The van der Waals surface area contributed by atoms with Gasteiger partial charge in [-0.2, -0.15) is 0 Å². The van der Waals surface area contributed by atoms with Crippen LogP contribution in [0.25, 0.3) is 50.8 Å². The number of nitrogens with zero attached hydrogens (tertiary/aromatic N) is 4. The fourth-order valence-electron chi connectivity index (χ4n) is 5.89. The molecule has 4 rings (SSSR count). The van der Waals surface area contributed by atoms with Crippen molar-refractivity contribution in [3.63, 3.8) is 0 Å². The van der Waals surface area contributed by atoms with Crippen LogP contribution in [0.5, 0.6) is 0 Å². The maximum atomic E-state index is 9.48. The van der Waals surface area contributed by atoms with Crippen molar-refractivity contribution in [2.24, 2.45) is 0 Å². The van der Waals surface area contributed by atoms with Gasteiger partial charge in [0.05, 0.1) is 25.3 Å². The molecule has 0 aliphatic carbocycles. The average Bonchev–Trinajstić information content (AvgIpc) is 3.85. The predicted molar refractivity (Wildman–Crippen MR) is 201 cm³/mol. The van der Waals surface area contributed by atoms with Crippen LogP contribution in [0, 0.1) is 35.8 Å². The SMILES string of the molecule is [C-]#[N+]/C(C#N)=C\c1sc(-c2cc3sc(-c4cc(C(CC)CCCCC)c(/C=C(\C#N)[N+]#[C-])s4)cc3s2)cc1C(CC)CCCCC. The van der Waals surface area contributed by atoms with Gasteiger partial charge in [-0.15, -0.1) is 45.3 Å². The van der Waals surface area contributed by atoms with Crippen molar-refractivity contribution in [1.82, 2.24) is 0 Å². The van der Waals surface area contributed by atoms with Crippen molar-refractivity contribution in [2.75, 3.05) is 0 Å². The third-order valence-electron chi connectivity index (χ3n) is 8.46. The highest BCUT2D eigenvalue weighted by Gasteiger charge is 2.21. The first-order valence-electron chi connectivity index (χ1n) is 16.2. The zero-order valence-electron chi connectivity index (χ0n) is 27.1. The minimum absolute atomic E-state index is 0.133. The van der Waals surface area contributed by atoms with E-state index in [4.69, 9.17) is 13.1 Å². The van der Waals surface area contributed by atoms with Gasteiger partial charge in [0.1, 0.15) is 0 Å². The van der Waals surface area contributed by atoms with Gasteiger partial charge in [0.15, 0.2) is 0 Å². The van der Waals surface area contributed by atoms with Crippen LogP contribution in [-0.4, -0.2) is 0 Å². The summed E-state index contributed by atoms with van der Waals surface area (Å²) in [6.45, 7) is 23.8. The normalized spacial score (nSPS) is 13.2. The molecule has 0 spiro atoms. The van der Waals surface area contributed by atoms with E-state index >= 15 is 0 Å². The lowest BCUT2D eigenvalue weighted by molar-refractivity contribution is 0.554. The van der Waals surface area contributed by atoms with E-state index in [9.17, 15) is 10.5 Å². The molecule has 4 aromatic heterocycles. The Labute approximate surface area is 290 Å². The van der Waals surface area contributed by atoms with Crippen LogP contribution in [0.2, 0.25) is 0 Å². The lowest BCUT2D eigenvalue weighted by atomic mass is 9.90. The van der Waals surface area contributed by atoms with Crippen LogP contribution < -0.4 is 0 Å².